The highest BCUT2D eigenvalue weighted by atomic mass is 127. The van der Waals surface area contributed by atoms with Crippen LogP contribution in [-0.2, 0) is 14.2 Å². The van der Waals surface area contributed by atoms with Gasteiger partial charge in [-0.3, -0.25) is 0 Å². The molecule has 0 rings (SSSR count). The zero-order valence-corrected chi connectivity index (χ0v) is 46.2. The highest BCUT2D eigenvalue weighted by Gasteiger charge is 2.30. The molecular weight excluding hydrogens is 884 g/mol. The Morgan fingerprint density at radius 3 is 0.508 bits per heavy atom. The number of hydrogen-bond donors (Lipinski definition) is 0. The van der Waals surface area contributed by atoms with Crippen molar-refractivity contribution in [2.24, 2.45) is 5.41 Å². The van der Waals surface area contributed by atoms with Crippen LogP contribution in [0.2, 0.25) is 0 Å². The molecule has 3 nitrogen and oxygen atoms in total. The van der Waals surface area contributed by atoms with E-state index < -0.39 is 0 Å². The van der Waals surface area contributed by atoms with Gasteiger partial charge in [0.05, 0.1) is 19.8 Å². The van der Waals surface area contributed by atoms with Crippen LogP contribution < -0.4 is 0 Å². The van der Waals surface area contributed by atoms with Gasteiger partial charge < -0.3 is 14.2 Å². The van der Waals surface area contributed by atoms with Crippen molar-refractivity contribution in [3.63, 3.8) is 0 Å². The largest absolute Gasteiger partial charge is 0.381 e. The topological polar surface area (TPSA) is 27.7 Å². The number of halogens is 1. The Morgan fingerprint density at radius 1 is 0.222 bits per heavy atom. The molecule has 0 aliphatic heterocycles. The van der Waals surface area contributed by atoms with E-state index in [0.29, 0.717) is 0 Å². The maximum atomic E-state index is 6.42. The van der Waals surface area contributed by atoms with Gasteiger partial charge in [-0.2, -0.15) is 0 Å². The molecule has 0 spiro atoms. The first-order valence-corrected chi connectivity index (χ1v) is 31.1. The van der Waals surface area contributed by atoms with Gasteiger partial charge in [0.15, 0.2) is 0 Å². The molecule has 0 atom stereocenters. The zero-order chi connectivity index (χ0) is 45.5. The van der Waals surface area contributed by atoms with E-state index in [-0.39, 0.29) is 5.41 Å². The maximum absolute atomic E-state index is 6.42. The molecule has 0 unspecified atom stereocenters. The summed E-state index contributed by atoms with van der Waals surface area (Å²) < 4.78 is 20.3. The van der Waals surface area contributed by atoms with Crippen LogP contribution in [0.5, 0.6) is 0 Å². The van der Waals surface area contributed by atoms with Crippen LogP contribution in [0.1, 0.15) is 329 Å². The summed E-state index contributed by atoms with van der Waals surface area (Å²) in [7, 11) is 0. The van der Waals surface area contributed by atoms with Crippen LogP contribution >= 0.6 is 22.6 Å². The van der Waals surface area contributed by atoms with Crippen LogP contribution in [0.15, 0.2) is 0 Å². The monoisotopic (exact) mass is 1000 g/mol. The zero-order valence-electron chi connectivity index (χ0n) is 44.0. The average molecular weight is 1000 g/mol. The molecule has 0 fully saturated rings. The van der Waals surface area contributed by atoms with Crippen LogP contribution in [0, 0.1) is 5.41 Å². The van der Waals surface area contributed by atoms with Gasteiger partial charge in [0.25, 0.3) is 0 Å². The van der Waals surface area contributed by atoms with E-state index in [1.165, 1.54) is 308 Å². The Morgan fingerprint density at radius 2 is 0.365 bits per heavy atom. The lowest BCUT2D eigenvalue weighted by atomic mass is 9.94. The Labute approximate surface area is 413 Å². The molecule has 380 valence electrons. The summed E-state index contributed by atoms with van der Waals surface area (Å²) in [4.78, 5) is 0. The van der Waals surface area contributed by atoms with Gasteiger partial charge in [-0.1, -0.05) is 332 Å². The smallest absolute Gasteiger partial charge is 0.0574 e. The van der Waals surface area contributed by atoms with Crippen molar-refractivity contribution >= 4 is 22.6 Å². The summed E-state index contributed by atoms with van der Waals surface area (Å²) in [6.07, 6.45) is 67.6. The molecule has 0 saturated carbocycles. The van der Waals surface area contributed by atoms with Gasteiger partial charge in [0, 0.05) is 29.7 Å². The van der Waals surface area contributed by atoms with Gasteiger partial charge in [-0.25, -0.2) is 0 Å². The summed E-state index contributed by atoms with van der Waals surface area (Å²) in [5.74, 6) is 0. The minimum Gasteiger partial charge on any atom is -0.381 e. The maximum Gasteiger partial charge on any atom is 0.0574 e. The summed E-state index contributed by atoms with van der Waals surface area (Å²) in [5.41, 5.74) is -0.0281. The van der Waals surface area contributed by atoms with E-state index in [1.807, 2.05) is 0 Å². The fourth-order valence-electron chi connectivity index (χ4n) is 9.36. The Balaban J connectivity index is 4.19. The van der Waals surface area contributed by atoms with Gasteiger partial charge >= 0.3 is 0 Å². The Kier molecular flexibility index (Phi) is 57.5. The first kappa shape index (κ1) is 63.6. The molecule has 0 N–H and O–H groups in total. The minimum absolute atomic E-state index is 0.0281. The molecule has 0 bridgehead atoms. The first-order valence-electron chi connectivity index (χ1n) is 29.5. The van der Waals surface area contributed by atoms with Crippen molar-refractivity contribution in [2.75, 3.05) is 44.1 Å². The molecule has 0 amide bonds. The van der Waals surface area contributed by atoms with Crippen molar-refractivity contribution in [1.82, 2.24) is 0 Å². The minimum atomic E-state index is -0.0281. The quantitative estimate of drug-likeness (QED) is 0.0345. The Hall–Kier alpha value is 0.610. The SMILES string of the molecule is CCCCCCCCCCCCCCCCCCOCC(CI)(COCCCCCCCCCCCCCCCCCC)COCCCCCCCCCCCCCCCCCC. The lowest BCUT2D eigenvalue weighted by Crippen LogP contribution is -2.39. The molecule has 0 saturated heterocycles. The van der Waals surface area contributed by atoms with E-state index >= 15 is 0 Å². The summed E-state index contributed by atoms with van der Waals surface area (Å²) in [6.45, 7) is 11.9. The van der Waals surface area contributed by atoms with Crippen LogP contribution in [0.3, 0.4) is 0 Å². The second-order valence-corrected chi connectivity index (χ2v) is 21.5. The highest BCUT2D eigenvalue weighted by molar-refractivity contribution is 14.1. The van der Waals surface area contributed by atoms with Crippen molar-refractivity contribution < 1.29 is 14.2 Å². The molecule has 0 heterocycles. The fraction of sp³-hybridized carbons (Fsp3) is 1.00. The number of hydrogen-bond acceptors (Lipinski definition) is 3. The summed E-state index contributed by atoms with van der Waals surface area (Å²) >= 11 is 2.58. The number of alkyl halides is 1. The first-order chi connectivity index (χ1) is 31.2. The molecule has 0 aliphatic rings. The summed E-state index contributed by atoms with van der Waals surface area (Å²) in [5, 5.41) is 0. The second kappa shape index (κ2) is 56.9. The van der Waals surface area contributed by atoms with Gasteiger partial charge in [0.1, 0.15) is 0 Å². The third kappa shape index (κ3) is 51.8. The molecule has 63 heavy (non-hydrogen) atoms. The third-order valence-corrected chi connectivity index (χ3v) is 15.6. The van der Waals surface area contributed by atoms with E-state index in [4.69, 9.17) is 14.2 Å². The molecule has 0 aromatic heterocycles. The normalized spacial score (nSPS) is 12.0. The number of ether oxygens (including phenoxy) is 3. The number of rotatable bonds is 58. The predicted octanol–water partition coefficient (Wildman–Crippen LogP) is 21.2. The van der Waals surface area contributed by atoms with E-state index in [1.54, 1.807) is 0 Å². The molecule has 4 heteroatoms. The van der Waals surface area contributed by atoms with Gasteiger partial charge in [-0.05, 0) is 19.3 Å². The molecule has 0 aromatic rings. The predicted molar refractivity (Wildman–Crippen MR) is 292 cm³/mol. The van der Waals surface area contributed by atoms with Crippen molar-refractivity contribution in [3.05, 3.63) is 0 Å². The molecule has 0 aliphatic carbocycles. The Bertz CT molecular complexity index is 693. The van der Waals surface area contributed by atoms with Crippen molar-refractivity contribution in [3.8, 4) is 0 Å². The van der Waals surface area contributed by atoms with Crippen molar-refractivity contribution in [1.29, 1.82) is 0 Å². The molecule has 0 radical (unpaired) electrons. The van der Waals surface area contributed by atoms with Gasteiger partial charge in [-0.15, -0.1) is 0 Å². The van der Waals surface area contributed by atoms with E-state index in [9.17, 15) is 0 Å². The van der Waals surface area contributed by atoms with Crippen LogP contribution in [0.4, 0.5) is 0 Å². The van der Waals surface area contributed by atoms with Crippen LogP contribution in [0.25, 0.3) is 0 Å². The van der Waals surface area contributed by atoms with Gasteiger partial charge in [0.2, 0.25) is 0 Å². The van der Waals surface area contributed by atoms with Crippen LogP contribution in [-0.4, -0.2) is 44.1 Å². The number of unbranched alkanes of at least 4 members (excludes halogenated alkanes) is 45. The highest BCUT2D eigenvalue weighted by Crippen LogP contribution is 2.25. The third-order valence-electron chi connectivity index (χ3n) is 13.9. The summed E-state index contributed by atoms with van der Waals surface area (Å²) in [6, 6.07) is 0. The van der Waals surface area contributed by atoms with E-state index in [2.05, 4.69) is 43.4 Å². The fourth-order valence-corrected chi connectivity index (χ4v) is 10.0. The van der Waals surface area contributed by atoms with Crippen molar-refractivity contribution in [2.45, 2.75) is 329 Å². The second-order valence-electron chi connectivity index (χ2n) is 20.7. The lowest BCUT2D eigenvalue weighted by Gasteiger charge is -2.31. The lowest BCUT2D eigenvalue weighted by molar-refractivity contribution is -0.0572. The molecule has 0 aromatic carbocycles. The van der Waals surface area contributed by atoms with E-state index in [0.717, 1.165) is 44.1 Å². The molecular formula is C59H119IO3. The average Bonchev–Trinajstić information content (AvgIpc) is 3.30. The standard InChI is InChI=1S/C59H119IO3/c1-4-7-10-13-16-19-22-25-28-31-34-37-40-43-46-49-52-61-56-59(55-60,57-62-53-50-47-44-41-38-35-32-29-26-23-20-17-14-11-8-5-2)58-63-54-51-48-45-42-39-36-33-30-27-24-21-18-15-12-9-6-3/h4-58H2,1-3H3.